The highest BCUT2D eigenvalue weighted by molar-refractivity contribution is 7.80. The van der Waals surface area contributed by atoms with Crippen LogP contribution in [0.3, 0.4) is 0 Å². The number of hydrogen-bond donors (Lipinski definition) is 2. The van der Waals surface area contributed by atoms with Gasteiger partial charge >= 0.3 is 0 Å². The van der Waals surface area contributed by atoms with E-state index in [1.807, 2.05) is 55.5 Å². The molecule has 0 spiro atoms. The normalized spacial score (nSPS) is 10.9. The van der Waals surface area contributed by atoms with Crippen LogP contribution in [-0.4, -0.2) is 16.0 Å². The number of aryl methyl sites for hydroxylation is 1. The summed E-state index contributed by atoms with van der Waals surface area (Å²) in [6.07, 6.45) is 0. The number of halogens is 1. The fraction of sp³-hybridized carbons (Fsp3) is 0.0385. The fourth-order valence-corrected chi connectivity index (χ4v) is 4.86. The molecule has 8 heteroatoms. The van der Waals surface area contributed by atoms with E-state index in [0.29, 0.717) is 10.8 Å². The van der Waals surface area contributed by atoms with Gasteiger partial charge in [0, 0.05) is 21.8 Å². The van der Waals surface area contributed by atoms with Crippen LogP contribution in [-0.2, 0) is 0 Å². The third kappa shape index (κ3) is 4.72. The standard InChI is InChI=1S/C26H18ClN3O2S2/c1-15-13-17(25-28-20-7-2-3-8-23(20)34-25)9-10-19(15)29-26(33)30-24(31)22-12-11-21(32-22)16-5-4-6-18(27)14-16/h2-14H,1H3,(H2,29,30,31,33). The first-order chi connectivity index (χ1) is 16.5. The van der Waals surface area contributed by atoms with Crippen molar-refractivity contribution in [2.75, 3.05) is 5.32 Å². The third-order valence-corrected chi connectivity index (χ3v) is 6.71. The molecule has 2 aromatic heterocycles. The average Bonchev–Trinajstić information content (AvgIpc) is 3.48. The molecule has 1 amide bonds. The summed E-state index contributed by atoms with van der Waals surface area (Å²) in [7, 11) is 0. The van der Waals surface area contributed by atoms with Crippen molar-refractivity contribution in [2.45, 2.75) is 6.92 Å². The Morgan fingerprint density at radius 1 is 1.00 bits per heavy atom. The number of carbonyl (C=O) groups is 1. The van der Waals surface area contributed by atoms with Crippen LogP contribution in [0.2, 0.25) is 5.02 Å². The number of nitrogens with one attached hydrogen (secondary N) is 2. The van der Waals surface area contributed by atoms with Crippen molar-refractivity contribution in [3.63, 3.8) is 0 Å². The molecule has 0 bridgehead atoms. The smallest absolute Gasteiger partial charge is 0.293 e. The third-order valence-electron chi connectivity index (χ3n) is 5.18. The minimum absolute atomic E-state index is 0.155. The van der Waals surface area contributed by atoms with Gasteiger partial charge in [0.2, 0.25) is 0 Å². The second-order valence-electron chi connectivity index (χ2n) is 7.60. The lowest BCUT2D eigenvalue weighted by atomic mass is 10.1. The first-order valence-electron chi connectivity index (χ1n) is 10.4. The van der Waals surface area contributed by atoms with E-state index in [2.05, 4.69) is 16.7 Å². The Morgan fingerprint density at radius 2 is 1.85 bits per heavy atom. The first-order valence-corrected chi connectivity index (χ1v) is 12.0. The molecule has 2 heterocycles. The highest BCUT2D eigenvalue weighted by atomic mass is 35.5. The zero-order valence-electron chi connectivity index (χ0n) is 18.0. The predicted octanol–water partition coefficient (Wildman–Crippen LogP) is 7.31. The monoisotopic (exact) mass is 503 g/mol. The molecule has 0 atom stereocenters. The van der Waals surface area contributed by atoms with E-state index >= 15 is 0 Å². The van der Waals surface area contributed by atoms with Crippen molar-refractivity contribution in [1.29, 1.82) is 0 Å². The quantitative estimate of drug-likeness (QED) is 0.252. The highest BCUT2D eigenvalue weighted by Gasteiger charge is 2.15. The first kappa shape index (κ1) is 22.3. The number of aromatic nitrogens is 1. The van der Waals surface area contributed by atoms with Crippen LogP contribution in [0.15, 0.2) is 83.3 Å². The zero-order chi connectivity index (χ0) is 23.7. The molecule has 3 aromatic carbocycles. The molecule has 0 saturated carbocycles. The number of hydrogen-bond acceptors (Lipinski definition) is 5. The summed E-state index contributed by atoms with van der Waals surface area (Å²) in [5, 5.41) is 7.48. The van der Waals surface area contributed by atoms with Crippen LogP contribution in [0.1, 0.15) is 16.1 Å². The lowest BCUT2D eigenvalue weighted by molar-refractivity contribution is 0.0951. The number of carbonyl (C=O) groups excluding carboxylic acids is 1. The molecule has 0 unspecified atom stereocenters. The lowest BCUT2D eigenvalue weighted by Gasteiger charge is -2.12. The van der Waals surface area contributed by atoms with Crippen LogP contribution in [0.25, 0.3) is 32.1 Å². The van der Waals surface area contributed by atoms with Gasteiger partial charge in [-0.3, -0.25) is 10.1 Å². The maximum absolute atomic E-state index is 12.6. The number of furan rings is 1. The van der Waals surface area contributed by atoms with Gasteiger partial charge in [-0.15, -0.1) is 11.3 Å². The Kier molecular flexibility index (Phi) is 6.15. The Hall–Kier alpha value is -3.52. The number of anilines is 1. The summed E-state index contributed by atoms with van der Waals surface area (Å²) >= 11 is 13.0. The summed E-state index contributed by atoms with van der Waals surface area (Å²) in [4.78, 5) is 17.3. The molecule has 0 aliphatic rings. The van der Waals surface area contributed by atoms with Crippen molar-refractivity contribution in [3.05, 3.63) is 95.2 Å². The zero-order valence-corrected chi connectivity index (χ0v) is 20.4. The molecule has 2 N–H and O–H groups in total. The van der Waals surface area contributed by atoms with E-state index in [0.717, 1.165) is 37.6 Å². The number of fused-ring (bicyclic) bond motifs is 1. The molecule has 0 aliphatic carbocycles. The SMILES string of the molecule is Cc1cc(-c2nc3ccccc3s2)ccc1NC(=S)NC(=O)c1ccc(-c2cccc(Cl)c2)o1. The second kappa shape index (κ2) is 9.38. The topological polar surface area (TPSA) is 67.2 Å². The number of thiazole rings is 1. The minimum Gasteiger partial charge on any atom is -0.451 e. The van der Waals surface area contributed by atoms with Gasteiger partial charge < -0.3 is 9.73 Å². The van der Waals surface area contributed by atoms with E-state index < -0.39 is 5.91 Å². The summed E-state index contributed by atoms with van der Waals surface area (Å²) in [6, 6.07) is 24.6. The van der Waals surface area contributed by atoms with Crippen molar-refractivity contribution < 1.29 is 9.21 Å². The summed E-state index contributed by atoms with van der Waals surface area (Å²) in [6.45, 7) is 1.98. The van der Waals surface area contributed by atoms with Crippen LogP contribution in [0.4, 0.5) is 5.69 Å². The maximum atomic E-state index is 12.6. The van der Waals surface area contributed by atoms with Crippen molar-refractivity contribution in [1.82, 2.24) is 10.3 Å². The van der Waals surface area contributed by atoms with Gasteiger partial charge in [-0.25, -0.2) is 4.98 Å². The van der Waals surface area contributed by atoms with E-state index in [-0.39, 0.29) is 10.9 Å². The van der Waals surface area contributed by atoms with Gasteiger partial charge in [0.05, 0.1) is 10.2 Å². The van der Waals surface area contributed by atoms with Gasteiger partial charge in [0.25, 0.3) is 5.91 Å². The van der Waals surface area contributed by atoms with Crippen LogP contribution < -0.4 is 10.6 Å². The number of amides is 1. The molecule has 5 aromatic rings. The van der Waals surface area contributed by atoms with Gasteiger partial charge in [-0.1, -0.05) is 35.9 Å². The molecule has 0 saturated heterocycles. The van der Waals surface area contributed by atoms with Crippen molar-refractivity contribution in [3.8, 4) is 21.9 Å². The van der Waals surface area contributed by atoms with Gasteiger partial charge in [0.15, 0.2) is 10.9 Å². The number of thiocarbonyl (C=S) groups is 1. The summed E-state index contributed by atoms with van der Waals surface area (Å²) in [5.41, 5.74) is 4.59. The molecule has 168 valence electrons. The van der Waals surface area contributed by atoms with Crippen molar-refractivity contribution in [2.24, 2.45) is 0 Å². The molecule has 5 nitrogen and oxygen atoms in total. The van der Waals surface area contributed by atoms with Gasteiger partial charge in [-0.05, 0) is 79.3 Å². The summed E-state index contributed by atoms with van der Waals surface area (Å²) < 4.78 is 6.84. The van der Waals surface area contributed by atoms with Crippen molar-refractivity contribution >= 4 is 62.1 Å². The van der Waals surface area contributed by atoms with E-state index in [1.165, 1.54) is 0 Å². The summed E-state index contributed by atoms with van der Waals surface area (Å²) in [5.74, 6) is 0.268. The molecule has 0 aliphatic heterocycles. The lowest BCUT2D eigenvalue weighted by Crippen LogP contribution is -2.34. The largest absolute Gasteiger partial charge is 0.451 e. The number of nitrogens with zero attached hydrogens (tertiary/aromatic N) is 1. The molecular weight excluding hydrogens is 486 g/mol. The average molecular weight is 504 g/mol. The molecule has 34 heavy (non-hydrogen) atoms. The minimum atomic E-state index is -0.436. The molecule has 0 fully saturated rings. The number of rotatable bonds is 4. The molecule has 5 rings (SSSR count). The molecular formula is C26H18ClN3O2S2. The fourth-order valence-electron chi connectivity index (χ4n) is 3.51. The Balaban J connectivity index is 1.26. The Morgan fingerprint density at radius 3 is 2.65 bits per heavy atom. The van der Waals surface area contributed by atoms with Gasteiger partial charge in [-0.2, -0.15) is 0 Å². The van der Waals surface area contributed by atoms with Crippen LogP contribution in [0, 0.1) is 6.92 Å². The van der Waals surface area contributed by atoms with E-state index in [1.54, 1.807) is 35.6 Å². The molecule has 0 radical (unpaired) electrons. The van der Waals surface area contributed by atoms with E-state index in [9.17, 15) is 4.79 Å². The number of para-hydroxylation sites is 1. The van der Waals surface area contributed by atoms with Crippen LogP contribution in [0.5, 0.6) is 0 Å². The highest BCUT2D eigenvalue weighted by Crippen LogP contribution is 2.32. The Bertz CT molecular complexity index is 1510. The predicted molar refractivity (Wildman–Crippen MR) is 143 cm³/mol. The second-order valence-corrected chi connectivity index (χ2v) is 9.47. The van der Waals surface area contributed by atoms with Gasteiger partial charge in [0.1, 0.15) is 10.8 Å². The van der Waals surface area contributed by atoms with E-state index in [4.69, 9.17) is 33.2 Å². The maximum Gasteiger partial charge on any atom is 0.293 e. The Labute approximate surface area is 210 Å². The number of benzene rings is 3. The van der Waals surface area contributed by atoms with Crippen LogP contribution >= 0.6 is 35.2 Å².